The number of fused-ring (bicyclic) bond motifs is 1. The number of thiophene rings is 1. The maximum atomic E-state index is 12.8. The number of benzene rings is 2. The fourth-order valence-corrected chi connectivity index (χ4v) is 5.33. The van der Waals surface area contributed by atoms with Crippen LogP contribution < -0.4 is 11.2 Å². The molecule has 32 heavy (non-hydrogen) atoms. The van der Waals surface area contributed by atoms with Gasteiger partial charge in [-0.2, -0.15) is 0 Å². The Bertz CT molecular complexity index is 1470. The lowest BCUT2D eigenvalue weighted by Gasteiger charge is -2.06. The molecule has 0 unspecified atom stereocenters. The summed E-state index contributed by atoms with van der Waals surface area (Å²) in [7, 11) is 0. The van der Waals surface area contributed by atoms with Crippen molar-refractivity contribution in [3.8, 4) is 11.1 Å². The minimum Gasteiger partial charge on any atom is -0.309 e. The van der Waals surface area contributed by atoms with Crippen LogP contribution in [0.3, 0.4) is 0 Å². The Kier molecular flexibility index (Phi) is 5.74. The van der Waals surface area contributed by atoms with Gasteiger partial charge in [-0.25, -0.2) is 14.9 Å². The van der Waals surface area contributed by atoms with E-state index in [4.69, 9.17) is 0 Å². The monoisotopic (exact) mass is 461 g/mol. The highest BCUT2D eigenvalue weighted by Gasteiger charge is 2.14. The first-order valence-corrected chi connectivity index (χ1v) is 11.9. The molecule has 3 heterocycles. The van der Waals surface area contributed by atoms with Crippen molar-refractivity contribution in [3.05, 3.63) is 98.3 Å². The van der Waals surface area contributed by atoms with Crippen molar-refractivity contribution in [2.45, 2.75) is 23.9 Å². The standard InChI is InChI=1S/C23H19N5O2S2/c29-20-19-17(16-9-5-2-6-10-16)13-31-21(19)25-18(24-20)14-32-23-27-26-22(30)28(23)12-11-15-7-3-1-4-8-15/h1-10,13H,11-12,14H2,(H,26,30)(H,24,25,29). The lowest BCUT2D eigenvalue weighted by atomic mass is 10.1. The summed E-state index contributed by atoms with van der Waals surface area (Å²) in [4.78, 5) is 33.3. The second-order valence-corrected chi connectivity index (χ2v) is 9.00. The van der Waals surface area contributed by atoms with Gasteiger partial charge in [0.25, 0.3) is 5.56 Å². The molecular weight excluding hydrogens is 442 g/mol. The highest BCUT2D eigenvalue weighted by atomic mass is 32.2. The van der Waals surface area contributed by atoms with Gasteiger partial charge in [0, 0.05) is 17.5 Å². The zero-order valence-electron chi connectivity index (χ0n) is 16.9. The number of aromatic nitrogens is 5. The van der Waals surface area contributed by atoms with Gasteiger partial charge in [0.2, 0.25) is 0 Å². The number of aromatic amines is 2. The molecule has 0 aliphatic rings. The van der Waals surface area contributed by atoms with Gasteiger partial charge in [0.15, 0.2) is 5.16 Å². The van der Waals surface area contributed by atoms with E-state index in [1.165, 1.54) is 23.1 Å². The van der Waals surface area contributed by atoms with E-state index in [0.717, 1.165) is 23.1 Å². The molecule has 0 saturated carbocycles. The molecule has 0 aliphatic carbocycles. The maximum Gasteiger partial charge on any atom is 0.343 e. The quantitative estimate of drug-likeness (QED) is 0.356. The molecule has 5 aromatic rings. The molecule has 2 aromatic carbocycles. The Morgan fingerprint density at radius 2 is 1.75 bits per heavy atom. The van der Waals surface area contributed by atoms with Crippen LogP contribution in [0.5, 0.6) is 0 Å². The van der Waals surface area contributed by atoms with Crippen molar-refractivity contribution in [3.63, 3.8) is 0 Å². The number of aryl methyl sites for hydroxylation is 1. The first kappa shape index (κ1) is 20.5. The van der Waals surface area contributed by atoms with Crippen LogP contribution in [-0.4, -0.2) is 24.7 Å². The topological polar surface area (TPSA) is 96.4 Å². The van der Waals surface area contributed by atoms with E-state index in [1.807, 2.05) is 66.0 Å². The molecule has 0 saturated heterocycles. The molecule has 2 N–H and O–H groups in total. The fourth-order valence-electron chi connectivity index (χ4n) is 3.52. The van der Waals surface area contributed by atoms with E-state index in [9.17, 15) is 9.59 Å². The first-order chi connectivity index (χ1) is 15.7. The molecule has 5 rings (SSSR count). The summed E-state index contributed by atoms with van der Waals surface area (Å²) in [5, 5.41) is 9.81. The lowest BCUT2D eigenvalue weighted by Crippen LogP contribution is -2.19. The van der Waals surface area contributed by atoms with Gasteiger partial charge in [0.1, 0.15) is 10.7 Å². The van der Waals surface area contributed by atoms with E-state index < -0.39 is 0 Å². The van der Waals surface area contributed by atoms with Gasteiger partial charge in [-0.3, -0.25) is 9.36 Å². The number of thioether (sulfide) groups is 1. The molecule has 0 spiro atoms. The van der Waals surface area contributed by atoms with Crippen LogP contribution in [0.4, 0.5) is 0 Å². The number of nitrogens with one attached hydrogen (secondary N) is 2. The Morgan fingerprint density at radius 1 is 1.00 bits per heavy atom. The third-order valence-corrected chi connectivity index (χ3v) is 6.97. The molecular formula is C23H19N5O2S2. The summed E-state index contributed by atoms with van der Waals surface area (Å²) < 4.78 is 1.62. The van der Waals surface area contributed by atoms with Crippen molar-refractivity contribution in [2.24, 2.45) is 0 Å². The third kappa shape index (κ3) is 4.17. The second-order valence-electron chi connectivity index (χ2n) is 7.20. The largest absolute Gasteiger partial charge is 0.343 e. The minimum atomic E-state index is -0.244. The van der Waals surface area contributed by atoms with Crippen LogP contribution in [0, 0.1) is 0 Å². The van der Waals surface area contributed by atoms with E-state index >= 15 is 0 Å². The van der Waals surface area contributed by atoms with E-state index in [1.54, 1.807) is 4.57 Å². The number of hydrogen-bond donors (Lipinski definition) is 2. The van der Waals surface area contributed by atoms with E-state index in [2.05, 4.69) is 20.2 Å². The van der Waals surface area contributed by atoms with Crippen LogP contribution in [0.15, 0.2) is 80.8 Å². The van der Waals surface area contributed by atoms with Gasteiger partial charge < -0.3 is 4.98 Å². The Labute approximate surface area is 191 Å². The molecule has 0 radical (unpaired) electrons. The first-order valence-electron chi connectivity index (χ1n) is 10.1. The molecule has 0 fully saturated rings. The summed E-state index contributed by atoms with van der Waals surface area (Å²) in [5.74, 6) is 0.957. The molecule has 7 nitrogen and oxygen atoms in total. The smallest absolute Gasteiger partial charge is 0.309 e. The van der Waals surface area contributed by atoms with Gasteiger partial charge in [-0.15, -0.1) is 16.4 Å². The Hall–Kier alpha value is -3.43. The number of H-pyrrole nitrogens is 2. The predicted molar refractivity (Wildman–Crippen MR) is 128 cm³/mol. The maximum absolute atomic E-state index is 12.8. The van der Waals surface area contributed by atoms with Crippen molar-refractivity contribution in [1.29, 1.82) is 0 Å². The average Bonchev–Trinajstić information content (AvgIpc) is 3.41. The molecule has 0 atom stereocenters. The Morgan fingerprint density at radius 3 is 2.53 bits per heavy atom. The van der Waals surface area contributed by atoms with Crippen molar-refractivity contribution >= 4 is 33.3 Å². The number of hydrogen-bond acceptors (Lipinski definition) is 6. The van der Waals surface area contributed by atoms with Gasteiger partial charge >= 0.3 is 5.69 Å². The van der Waals surface area contributed by atoms with Crippen LogP contribution in [0.1, 0.15) is 11.4 Å². The normalized spacial score (nSPS) is 11.2. The van der Waals surface area contributed by atoms with Crippen molar-refractivity contribution < 1.29 is 0 Å². The lowest BCUT2D eigenvalue weighted by molar-refractivity contribution is 0.615. The van der Waals surface area contributed by atoms with Crippen LogP contribution >= 0.6 is 23.1 Å². The minimum absolute atomic E-state index is 0.158. The highest BCUT2D eigenvalue weighted by molar-refractivity contribution is 7.98. The van der Waals surface area contributed by atoms with Crippen LogP contribution in [0.25, 0.3) is 21.3 Å². The highest BCUT2D eigenvalue weighted by Crippen LogP contribution is 2.31. The van der Waals surface area contributed by atoms with Gasteiger partial charge in [0.05, 0.1) is 11.1 Å². The third-order valence-electron chi connectivity index (χ3n) is 5.11. The zero-order valence-corrected chi connectivity index (χ0v) is 18.6. The molecule has 0 bridgehead atoms. The predicted octanol–water partition coefficient (Wildman–Crippen LogP) is 4.07. The van der Waals surface area contributed by atoms with Gasteiger partial charge in [-0.1, -0.05) is 72.4 Å². The summed E-state index contributed by atoms with van der Waals surface area (Å²) in [6, 6.07) is 19.8. The molecule has 3 aromatic heterocycles. The number of nitrogens with zero attached hydrogens (tertiary/aromatic N) is 3. The summed E-state index contributed by atoms with van der Waals surface area (Å²) in [5.41, 5.74) is 2.63. The SMILES string of the molecule is O=c1[nH]c(CSc2n[nH]c(=O)n2CCc2ccccc2)nc2scc(-c3ccccc3)c12. The average molecular weight is 462 g/mol. The summed E-state index contributed by atoms with van der Waals surface area (Å²) in [6.45, 7) is 0.524. The van der Waals surface area contributed by atoms with Crippen molar-refractivity contribution in [1.82, 2.24) is 24.7 Å². The fraction of sp³-hybridized carbons (Fsp3) is 0.130. The second kappa shape index (κ2) is 8.97. The molecule has 9 heteroatoms. The zero-order chi connectivity index (χ0) is 21.9. The number of rotatable bonds is 7. The van der Waals surface area contributed by atoms with Crippen LogP contribution in [0.2, 0.25) is 0 Å². The van der Waals surface area contributed by atoms with Crippen molar-refractivity contribution in [2.75, 3.05) is 0 Å². The van der Waals surface area contributed by atoms with Gasteiger partial charge in [-0.05, 0) is 17.5 Å². The summed E-state index contributed by atoms with van der Waals surface area (Å²) >= 11 is 2.82. The summed E-state index contributed by atoms with van der Waals surface area (Å²) in [6.07, 6.45) is 0.729. The molecule has 160 valence electrons. The van der Waals surface area contributed by atoms with E-state index in [-0.39, 0.29) is 11.2 Å². The van der Waals surface area contributed by atoms with E-state index in [0.29, 0.717) is 33.5 Å². The Balaban J connectivity index is 1.35. The molecule has 0 amide bonds. The molecule has 0 aliphatic heterocycles. The van der Waals surface area contributed by atoms with Crippen LogP contribution in [-0.2, 0) is 18.7 Å².